The van der Waals surface area contributed by atoms with E-state index >= 15 is 0 Å². The first-order chi connectivity index (χ1) is 13.9. The smallest absolute Gasteiger partial charge is 0.323 e. The molecule has 3 aromatic heterocycles. The summed E-state index contributed by atoms with van der Waals surface area (Å²) < 4.78 is 7.30. The van der Waals surface area contributed by atoms with Crippen molar-refractivity contribution in [1.82, 2.24) is 38.3 Å². The van der Waals surface area contributed by atoms with Crippen molar-refractivity contribution in [2.24, 2.45) is 14.1 Å². The molecule has 1 saturated heterocycles. The molecule has 1 N–H and O–H groups in total. The number of nitrogens with one attached hydrogen (secondary N) is 1. The van der Waals surface area contributed by atoms with Crippen LogP contribution in [0.15, 0.2) is 20.7 Å². The van der Waals surface area contributed by atoms with E-state index in [4.69, 9.17) is 0 Å². The van der Waals surface area contributed by atoms with E-state index in [2.05, 4.69) is 15.4 Å². The zero-order valence-electron chi connectivity index (χ0n) is 17.8. The van der Waals surface area contributed by atoms with E-state index in [0.29, 0.717) is 30.8 Å². The third-order valence-corrected chi connectivity index (χ3v) is 5.74. The second kappa shape index (κ2) is 9.84. The minimum absolute atomic E-state index is 0. The van der Waals surface area contributed by atoms with E-state index in [1.807, 2.05) is 6.92 Å². The van der Waals surface area contributed by atoms with Crippen molar-refractivity contribution < 1.29 is 0 Å². The lowest BCUT2D eigenvalue weighted by Gasteiger charge is -2.21. The Morgan fingerprint density at radius 3 is 2.35 bits per heavy atom. The zero-order valence-corrected chi connectivity index (χ0v) is 19.4. The first kappa shape index (κ1) is 24.9. The predicted octanol–water partition coefficient (Wildman–Crippen LogP) is -0.177. The highest BCUT2D eigenvalue weighted by atomic mass is 35.5. The highest BCUT2D eigenvalue weighted by Gasteiger charge is 2.23. The fraction of sp³-hybridized carbons (Fsp3) is 0.611. The van der Waals surface area contributed by atoms with Crippen molar-refractivity contribution >= 4 is 36.0 Å². The molecular formula is C18H28Cl2N8O3. The summed E-state index contributed by atoms with van der Waals surface area (Å²) in [5.41, 5.74) is -0.276. The van der Waals surface area contributed by atoms with Gasteiger partial charge in [-0.15, -0.1) is 24.8 Å². The summed E-state index contributed by atoms with van der Waals surface area (Å²) in [6.07, 6.45) is 3.46. The normalized spacial score (nSPS) is 14.4. The van der Waals surface area contributed by atoms with Crippen LogP contribution in [0.2, 0.25) is 0 Å². The van der Waals surface area contributed by atoms with Gasteiger partial charge in [-0.2, -0.15) is 5.10 Å². The van der Waals surface area contributed by atoms with Gasteiger partial charge < -0.3 is 9.88 Å². The predicted molar refractivity (Wildman–Crippen MR) is 122 cm³/mol. The van der Waals surface area contributed by atoms with Crippen LogP contribution in [0.25, 0.3) is 11.2 Å². The topological polar surface area (TPSA) is 114 Å². The van der Waals surface area contributed by atoms with Crippen molar-refractivity contribution in [3.05, 3.63) is 43.5 Å². The van der Waals surface area contributed by atoms with Crippen LogP contribution in [-0.2, 0) is 33.7 Å². The van der Waals surface area contributed by atoms with E-state index in [1.165, 1.54) is 22.6 Å². The minimum atomic E-state index is -0.419. The molecule has 4 heterocycles. The van der Waals surface area contributed by atoms with Crippen LogP contribution in [0.5, 0.6) is 0 Å². The van der Waals surface area contributed by atoms with Gasteiger partial charge in [0.05, 0.1) is 12.9 Å². The molecule has 0 aliphatic carbocycles. The van der Waals surface area contributed by atoms with Gasteiger partial charge in [0.25, 0.3) is 5.56 Å². The maximum absolute atomic E-state index is 12.8. The molecule has 13 heteroatoms. The fourth-order valence-corrected chi connectivity index (χ4v) is 4.05. The zero-order chi connectivity index (χ0) is 20.7. The molecule has 11 nitrogen and oxygen atoms in total. The largest absolute Gasteiger partial charge is 0.345 e. The molecule has 4 rings (SSSR count). The minimum Gasteiger partial charge on any atom is -0.323 e. The summed E-state index contributed by atoms with van der Waals surface area (Å²) in [6, 6.07) is 0. The molecule has 172 valence electrons. The second-order valence-corrected chi connectivity index (χ2v) is 7.45. The van der Waals surface area contributed by atoms with Crippen molar-refractivity contribution in [1.29, 1.82) is 0 Å². The van der Waals surface area contributed by atoms with Gasteiger partial charge in [0, 0.05) is 33.1 Å². The summed E-state index contributed by atoms with van der Waals surface area (Å²) >= 11 is 0. The Kier molecular flexibility index (Phi) is 7.90. The van der Waals surface area contributed by atoms with E-state index < -0.39 is 11.2 Å². The van der Waals surface area contributed by atoms with Gasteiger partial charge in [0.1, 0.15) is 5.82 Å². The highest BCUT2D eigenvalue weighted by molar-refractivity contribution is 5.85. The molecule has 0 amide bonds. The van der Waals surface area contributed by atoms with Crippen LogP contribution in [0.1, 0.15) is 31.5 Å². The van der Waals surface area contributed by atoms with Crippen LogP contribution in [0, 0.1) is 0 Å². The summed E-state index contributed by atoms with van der Waals surface area (Å²) in [4.78, 5) is 41.7. The quantitative estimate of drug-likeness (QED) is 0.548. The molecule has 0 spiro atoms. The average Bonchev–Trinajstić information content (AvgIpc) is 3.30. The third kappa shape index (κ3) is 4.21. The van der Waals surface area contributed by atoms with Gasteiger partial charge in [-0.05, 0) is 32.9 Å². The van der Waals surface area contributed by atoms with Gasteiger partial charge in [-0.1, -0.05) is 0 Å². The van der Waals surface area contributed by atoms with E-state index in [1.54, 1.807) is 16.2 Å². The Hall–Kier alpha value is -2.37. The van der Waals surface area contributed by atoms with Gasteiger partial charge in [-0.25, -0.2) is 19.3 Å². The van der Waals surface area contributed by atoms with Crippen LogP contribution in [-0.4, -0.2) is 46.1 Å². The molecule has 0 unspecified atom stereocenters. The number of aryl methyl sites for hydroxylation is 3. The summed E-state index contributed by atoms with van der Waals surface area (Å²) in [5, 5.41) is 7.96. The number of hydrogen-bond acceptors (Lipinski definition) is 6. The van der Waals surface area contributed by atoms with E-state index in [9.17, 15) is 14.4 Å². The third-order valence-electron chi connectivity index (χ3n) is 5.74. The molecular weight excluding hydrogens is 447 g/mol. The lowest BCUT2D eigenvalue weighted by atomic mass is 9.97. The molecule has 3 aromatic rings. The van der Waals surface area contributed by atoms with E-state index in [0.717, 1.165) is 36.3 Å². The number of fused-ring (bicyclic) bond motifs is 1. The maximum Gasteiger partial charge on any atom is 0.345 e. The summed E-state index contributed by atoms with van der Waals surface area (Å²) in [5.74, 6) is 1.12. The molecule has 1 aliphatic rings. The Morgan fingerprint density at radius 1 is 1.03 bits per heavy atom. The Labute approximate surface area is 190 Å². The summed E-state index contributed by atoms with van der Waals surface area (Å²) in [6.45, 7) is 5.06. The number of aromatic nitrogens is 7. The Morgan fingerprint density at radius 2 is 1.71 bits per heavy atom. The average molecular weight is 475 g/mol. The number of nitrogens with zero attached hydrogens (tertiary/aromatic N) is 7. The fourth-order valence-electron chi connectivity index (χ4n) is 4.05. The molecule has 0 atom stereocenters. The lowest BCUT2D eigenvalue weighted by molar-refractivity contribution is 0.428. The van der Waals surface area contributed by atoms with Gasteiger partial charge in [0.2, 0.25) is 0 Å². The van der Waals surface area contributed by atoms with E-state index in [-0.39, 0.29) is 36.4 Å². The Balaban J connectivity index is 0.00000171. The van der Waals surface area contributed by atoms with Gasteiger partial charge in [-0.3, -0.25) is 18.5 Å². The maximum atomic E-state index is 12.8. The molecule has 1 fully saturated rings. The number of rotatable bonds is 5. The van der Waals surface area contributed by atoms with Crippen LogP contribution in [0.4, 0.5) is 0 Å². The number of hydrogen-bond donors (Lipinski definition) is 1. The number of piperidine rings is 1. The van der Waals surface area contributed by atoms with Crippen molar-refractivity contribution in [3.8, 4) is 0 Å². The van der Waals surface area contributed by atoms with Crippen molar-refractivity contribution in [2.75, 3.05) is 13.1 Å². The van der Waals surface area contributed by atoms with Crippen LogP contribution >= 0.6 is 24.8 Å². The summed E-state index contributed by atoms with van der Waals surface area (Å²) in [7, 11) is 3.03. The van der Waals surface area contributed by atoms with Crippen LogP contribution in [0.3, 0.4) is 0 Å². The molecule has 1 aliphatic heterocycles. The molecule has 0 saturated carbocycles. The molecule has 0 radical (unpaired) electrons. The number of imidazole rings is 1. The van der Waals surface area contributed by atoms with Gasteiger partial charge in [0.15, 0.2) is 11.2 Å². The SMILES string of the molecule is CCn1c(C2CCNCC2)nn(CCn2cnc3c2c(=O)n(C)c(=O)n3C)c1=O.Cl.Cl. The first-order valence-corrected chi connectivity index (χ1v) is 9.93. The van der Waals surface area contributed by atoms with Gasteiger partial charge >= 0.3 is 11.4 Å². The standard InChI is InChI=1S/C18H26N8O3.2ClH/c1-4-25-14(12-5-7-19-8-6-12)21-26(18(25)29)10-9-24-11-20-15-13(24)16(27)23(3)17(28)22(15)2;;/h11-12,19H,4-10H2,1-3H3;2*1H. The molecule has 31 heavy (non-hydrogen) atoms. The molecule has 0 aromatic carbocycles. The highest BCUT2D eigenvalue weighted by Crippen LogP contribution is 2.22. The first-order valence-electron chi connectivity index (χ1n) is 9.93. The number of halogens is 2. The Bertz CT molecular complexity index is 1230. The van der Waals surface area contributed by atoms with Crippen molar-refractivity contribution in [3.63, 3.8) is 0 Å². The van der Waals surface area contributed by atoms with Crippen LogP contribution < -0.4 is 22.3 Å². The second-order valence-electron chi connectivity index (χ2n) is 7.45. The van der Waals surface area contributed by atoms with Crippen molar-refractivity contribution in [2.45, 2.75) is 45.3 Å². The lowest BCUT2D eigenvalue weighted by Crippen LogP contribution is -2.37. The molecule has 0 bridgehead atoms. The monoisotopic (exact) mass is 474 g/mol.